The van der Waals surface area contributed by atoms with Gasteiger partial charge < -0.3 is 10.5 Å². The summed E-state index contributed by atoms with van der Waals surface area (Å²) in [6.45, 7) is -0.187. The van der Waals surface area contributed by atoms with Gasteiger partial charge in [0.25, 0.3) is 11.5 Å². The number of hydrogen-bond donors (Lipinski definition) is 1. The second kappa shape index (κ2) is 5.33. The molecule has 3 aromatic rings. The topological polar surface area (TPSA) is 99.6 Å². The number of primary amides is 1. The molecule has 0 fully saturated rings. The van der Waals surface area contributed by atoms with Gasteiger partial charge >= 0.3 is 0 Å². The van der Waals surface area contributed by atoms with Crippen molar-refractivity contribution in [2.75, 3.05) is 6.61 Å². The van der Waals surface area contributed by atoms with Crippen LogP contribution in [0.3, 0.4) is 0 Å². The highest BCUT2D eigenvalue weighted by Crippen LogP contribution is 2.13. The van der Waals surface area contributed by atoms with Gasteiger partial charge in [-0.15, -0.1) is 0 Å². The number of carbonyl (C=O) groups is 1. The Balaban J connectivity index is 1.97. The highest BCUT2D eigenvalue weighted by atomic mass is 32.1. The van der Waals surface area contributed by atoms with Gasteiger partial charge in [0.05, 0.1) is 4.53 Å². The van der Waals surface area contributed by atoms with E-state index in [1.54, 1.807) is 24.3 Å². The molecule has 8 heteroatoms. The Morgan fingerprint density at radius 2 is 2.33 bits per heavy atom. The first kappa shape index (κ1) is 13.3. The average molecular weight is 302 g/mol. The first-order chi connectivity index (χ1) is 10.1. The van der Waals surface area contributed by atoms with Crippen molar-refractivity contribution in [3.63, 3.8) is 0 Å². The largest absolute Gasteiger partial charge is 0.484 e. The third kappa shape index (κ3) is 2.75. The Bertz CT molecular complexity index is 915. The van der Waals surface area contributed by atoms with Crippen LogP contribution in [0.25, 0.3) is 11.0 Å². The summed E-state index contributed by atoms with van der Waals surface area (Å²) in [5, 5.41) is 3.85. The number of carbonyl (C=O) groups excluding carboxylic acids is 1. The zero-order valence-corrected chi connectivity index (χ0v) is 11.5. The summed E-state index contributed by atoms with van der Waals surface area (Å²) in [6.07, 6.45) is 3.07. The molecule has 0 atom stereocenters. The van der Waals surface area contributed by atoms with E-state index >= 15 is 0 Å². The first-order valence-electron chi connectivity index (χ1n) is 5.99. The van der Waals surface area contributed by atoms with Crippen molar-refractivity contribution in [2.45, 2.75) is 0 Å². The Hall–Kier alpha value is -2.74. The van der Waals surface area contributed by atoms with Crippen LogP contribution >= 0.6 is 11.3 Å². The predicted octanol–water partition coefficient (Wildman–Crippen LogP) is -0.437. The number of fused-ring (bicyclic) bond motifs is 1. The fourth-order valence-corrected chi connectivity index (χ4v) is 2.66. The van der Waals surface area contributed by atoms with Crippen molar-refractivity contribution in [2.24, 2.45) is 5.73 Å². The van der Waals surface area contributed by atoms with Gasteiger partial charge in [0.1, 0.15) is 12.1 Å². The Morgan fingerprint density at radius 3 is 3.10 bits per heavy atom. The molecule has 0 aliphatic heterocycles. The molecule has 7 nitrogen and oxygen atoms in total. The van der Waals surface area contributed by atoms with Gasteiger partial charge in [-0.3, -0.25) is 9.59 Å². The number of ether oxygens (including phenoxy) is 1. The van der Waals surface area contributed by atoms with Gasteiger partial charge in [-0.1, -0.05) is 23.5 Å². The van der Waals surface area contributed by atoms with Crippen molar-refractivity contribution >= 4 is 28.3 Å². The molecule has 0 saturated carbocycles. The fraction of sp³-hybridized carbons (Fsp3) is 0.0769. The molecule has 0 aliphatic carbocycles. The van der Waals surface area contributed by atoms with Gasteiger partial charge in [-0.2, -0.15) is 9.61 Å². The summed E-state index contributed by atoms with van der Waals surface area (Å²) in [5.74, 6) is -0.0359. The normalized spacial score (nSPS) is 11.9. The molecule has 3 rings (SSSR count). The molecular formula is C13H10N4O3S. The molecule has 0 aliphatic rings. The Labute approximate surface area is 122 Å². The standard InChI is InChI=1S/C13H10N4O3S/c14-11(18)6-20-9-3-1-2-8(4-9)5-10-12(19)17-13(21-10)15-7-16-17/h1-5,7H,6H2,(H2,14,18)/b10-5-. The zero-order chi connectivity index (χ0) is 14.8. The molecule has 0 unspecified atom stereocenters. The third-order valence-corrected chi connectivity index (χ3v) is 3.63. The van der Waals surface area contributed by atoms with E-state index in [0.717, 1.165) is 5.56 Å². The molecule has 0 saturated heterocycles. The maximum Gasteiger partial charge on any atom is 0.291 e. The van der Waals surface area contributed by atoms with Crippen LogP contribution in [-0.4, -0.2) is 27.1 Å². The lowest BCUT2D eigenvalue weighted by atomic mass is 10.2. The lowest BCUT2D eigenvalue weighted by Crippen LogP contribution is -2.23. The van der Waals surface area contributed by atoms with E-state index in [1.165, 1.54) is 22.2 Å². The second-order valence-electron chi connectivity index (χ2n) is 4.20. The van der Waals surface area contributed by atoms with Crippen molar-refractivity contribution in [3.8, 4) is 5.75 Å². The summed E-state index contributed by atoms with van der Waals surface area (Å²) in [5.41, 5.74) is 5.59. The summed E-state index contributed by atoms with van der Waals surface area (Å²) < 4.78 is 7.00. The molecule has 1 amide bonds. The number of hydrogen-bond acceptors (Lipinski definition) is 6. The van der Waals surface area contributed by atoms with Crippen LogP contribution in [0, 0.1) is 0 Å². The van der Waals surface area contributed by atoms with Gasteiger partial charge in [0.15, 0.2) is 6.61 Å². The molecule has 106 valence electrons. The van der Waals surface area contributed by atoms with Gasteiger partial charge in [-0.05, 0) is 23.8 Å². The van der Waals surface area contributed by atoms with Crippen LogP contribution in [0.2, 0.25) is 0 Å². The van der Waals surface area contributed by atoms with Crippen molar-refractivity contribution in [3.05, 3.63) is 51.0 Å². The SMILES string of the molecule is NC(=O)COc1cccc(/C=c2\sc3ncnn3c2=O)c1. The molecule has 21 heavy (non-hydrogen) atoms. The van der Waals surface area contributed by atoms with Crippen LogP contribution < -0.4 is 20.6 Å². The molecule has 0 radical (unpaired) electrons. The summed E-state index contributed by atoms with van der Waals surface area (Å²) in [4.78, 5) is 27.3. The number of aromatic nitrogens is 3. The predicted molar refractivity (Wildman–Crippen MR) is 77.1 cm³/mol. The Kier molecular flexibility index (Phi) is 3.36. The summed E-state index contributed by atoms with van der Waals surface area (Å²) >= 11 is 1.26. The quantitative estimate of drug-likeness (QED) is 0.704. The minimum absolute atomic E-state index is 0.187. The van der Waals surface area contributed by atoms with Crippen LogP contribution in [-0.2, 0) is 4.79 Å². The Morgan fingerprint density at radius 1 is 1.48 bits per heavy atom. The second-order valence-corrected chi connectivity index (χ2v) is 5.21. The van der Waals surface area contributed by atoms with Crippen molar-refractivity contribution in [1.29, 1.82) is 0 Å². The van der Waals surface area contributed by atoms with Crippen LogP contribution in [0.5, 0.6) is 5.75 Å². The zero-order valence-electron chi connectivity index (χ0n) is 10.7. The number of nitrogens with zero attached hydrogens (tertiary/aromatic N) is 3. The lowest BCUT2D eigenvalue weighted by Gasteiger charge is -2.03. The fourth-order valence-electron chi connectivity index (χ4n) is 1.78. The van der Waals surface area contributed by atoms with E-state index in [1.807, 2.05) is 6.07 Å². The van der Waals surface area contributed by atoms with Gasteiger partial charge in [0.2, 0.25) is 4.96 Å². The monoisotopic (exact) mass is 302 g/mol. The smallest absolute Gasteiger partial charge is 0.291 e. The highest BCUT2D eigenvalue weighted by molar-refractivity contribution is 7.15. The summed E-state index contributed by atoms with van der Waals surface area (Å²) in [6, 6.07) is 7.02. The minimum Gasteiger partial charge on any atom is -0.484 e. The molecule has 0 spiro atoms. The molecular weight excluding hydrogens is 292 g/mol. The molecule has 1 aromatic carbocycles. The summed E-state index contributed by atoms with van der Waals surface area (Å²) in [7, 11) is 0. The number of amides is 1. The third-order valence-electron chi connectivity index (χ3n) is 2.66. The number of rotatable bonds is 4. The van der Waals surface area contributed by atoms with Crippen LogP contribution in [0.4, 0.5) is 0 Å². The average Bonchev–Trinajstić information content (AvgIpc) is 3.02. The molecule has 0 bridgehead atoms. The van der Waals surface area contributed by atoms with Crippen LogP contribution in [0.1, 0.15) is 5.56 Å². The van der Waals surface area contributed by atoms with E-state index in [2.05, 4.69) is 10.1 Å². The minimum atomic E-state index is -0.545. The number of benzene rings is 1. The van der Waals surface area contributed by atoms with E-state index in [0.29, 0.717) is 15.2 Å². The maximum absolute atomic E-state index is 12.0. The van der Waals surface area contributed by atoms with Crippen molar-refractivity contribution < 1.29 is 9.53 Å². The van der Waals surface area contributed by atoms with E-state index in [-0.39, 0.29) is 12.2 Å². The first-order valence-corrected chi connectivity index (χ1v) is 6.80. The molecule has 2 aromatic heterocycles. The van der Waals surface area contributed by atoms with E-state index in [9.17, 15) is 9.59 Å². The van der Waals surface area contributed by atoms with Crippen molar-refractivity contribution in [1.82, 2.24) is 14.6 Å². The molecule has 2 heterocycles. The molecule has 2 N–H and O–H groups in total. The van der Waals surface area contributed by atoms with Gasteiger partial charge in [-0.25, -0.2) is 4.98 Å². The van der Waals surface area contributed by atoms with Gasteiger partial charge in [0, 0.05) is 0 Å². The number of nitrogens with two attached hydrogens (primary N) is 1. The van der Waals surface area contributed by atoms with E-state index < -0.39 is 5.91 Å². The lowest BCUT2D eigenvalue weighted by molar-refractivity contribution is -0.119. The van der Waals surface area contributed by atoms with Crippen LogP contribution in [0.15, 0.2) is 35.4 Å². The maximum atomic E-state index is 12.0. The van der Waals surface area contributed by atoms with E-state index in [4.69, 9.17) is 10.5 Å². The highest BCUT2D eigenvalue weighted by Gasteiger charge is 2.05. The number of thiazole rings is 1.